The molecule has 0 fully saturated rings. The van der Waals surface area contributed by atoms with Crippen LogP contribution in [0.15, 0.2) is 85.1 Å². The summed E-state index contributed by atoms with van der Waals surface area (Å²) in [6.45, 7) is 4.95. The third-order valence-electron chi connectivity index (χ3n) is 8.76. The van der Waals surface area contributed by atoms with Gasteiger partial charge in [0.15, 0.2) is 0 Å². The van der Waals surface area contributed by atoms with Gasteiger partial charge >= 0.3 is 12.5 Å². The Bertz CT molecular complexity index is 1920. The van der Waals surface area contributed by atoms with Gasteiger partial charge in [-0.15, -0.1) is 13.2 Å². The quantitative estimate of drug-likeness (QED) is 0.113. The molecule has 0 aliphatic carbocycles. The maximum Gasteiger partial charge on any atom is 0.573 e. The Labute approximate surface area is 321 Å². The van der Waals surface area contributed by atoms with E-state index < -0.39 is 59.9 Å². The van der Waals surface area contributed by atoms with Crippen molar-refractivity contribution in [3.05, 3.63) is 107 Å². The second kappa shape index (κ2) is 17.6. The highest BCUT2D eigenvalue weighted by Crippen LogP contribution is 2.35. The maximum atomic E-state index is 14.2. The Morgan fingerprint density at radius 2 is 1.71 bits per heavy atom. The second-order valence-electron chi connectivity index (χ2n) is 14.2. The molecule has 4 aromatic rings. The number of nitrogens with one attached hydrogen (secondary N) is 2. The monoisotopic (exact) mass is 785 g/mol. The number of carbonyl (C=O) groups is 2. The molecule has 15 heteroatoms. The fourth-order valence-electron chi connectivity index (χ4n) is 6.21. The van der Waals surface area contributed by atoms with Crippen molar-refractivity contribution in [2.45, 2.75) is 76.3 Å². The molecule has 4 N–H and O–H groups in total. The summed E-state index contributed by atoms with van der Waals surface area (Å²) in [5.74, 6) is -1.30. The number of hydrogen-bond acceptors (Lipinski definition) is 9. The molecule has 0 saturated heterocycles. The van der Waals surface area contributed by atoms with Gasteiger partial charge in [-0.1, -0.05) is 48.0 Å². The van der Waals surface area contributed by atoms with E-state index in [2.05, 4.69) is 20.4 Å². The van der Waals surface area contributed by atoms with Crippen LogP contribution in [0.3, 0.4) is 0 Å². The molecule has 5 atom stereocenters. The van der Waals surface area contributed by atoms with Crippen molar-refractivity contribution >= 4 is 23.6 Å². The highest BCUT2D eigenvalue weighted by molar-refractivity contribution is 6.30. The van der Waals surface area contributed by atoms with E-state index in [9.17, 15) is 33.0 Å². The number of amides is 2. The van der Waals surface area contributed by atoms with Crippen LogP contribution in [-0.4, -0.2) is 71.1 Å². The molecule has 2 heterocycles. The molecular formula is C40H43ClF3N3O8. The average molecular weight is 786 g/mol. The van der Waals surface area contributed by atoms with Gasteiger partial charge in [-0.2, -0.15) is 0 Å². The number of halogens is 4. The van der Waals surface area contributed by atoms with E-state index in [4.69, 9.17) is 25.8 Å². The fourth-order valence-corrected chi connectivity index (χ4v) is 6.39. The van der Waals surface area contributed by atoms with Crippen LogP contribution in [-0.2, 0) is 22.4 Å². The largest absolute Gasteiger partial charge is 0.573 e. The number of aromatic nitrogens is 1. The number of alkyl carbamates (subject to hydrolysis) is 1. The summed E-state index contributed by atoms with van der Waals surface area (Å²) in [5, 5.41) is 28.6. The van der Waals surface area contributed by atoms with Crippen molar-refractivity contribution in [2.24, 2.45) is 5.92 Å². The number of rotatable bonds is 13. The lowest BCUT2D eigenvalue weighted by Gasteiger charge is -2.33. The lowest BCUT2D eigenvalue weighted by atomic mass is 9.87. The first kappa shape index (κ1) is 41.1. The summed E-state index contributed by atoms with van der Waals surface area (Å²) in [7, 11) is 1.53. The van der Waals surface area contributed by atoms with E-state index in [0.717, 1.165) is 28.8 Å². The molecule has 1 aromatic heterocycles. The molecule has 294 valence electrons. The average Bonchev–Trinajstić information content (AvgIpc) is 3.11. The Morgan fingerprint density at radius 1 is 0.982 bits per heavy atom. The number of alkyl halides is 3. The van der Waals surface area contributed by atoms with Crippen LogP contribution < -0.4 is 24.8 Å². The molecule has 0 radical (unpaired) electrons. The Kier molecular flexibility index (Phi) is 13.2. The van der Waals surface area contributed by atoms with Gasteiger partial charge in [-0.3, -0.25) is 4.79 Å². The Hall–Kier alpha value is -5.05. The standard InChI is InChI=1S/C40H43ClF3N3O8/c1-39(2,3)55-38(51)46-31(18-23-8-10-25(11-9-23)26-12-15-35(52-4)45-21-26)32(48)19-27(16-24-6-5-7-29(17-24)54-40(42,43)44)37(50)47-36-30-20-28(41)13-14-34(30)53-22-33(36)49/h5-15,17,20-21,27,31-33,36,48-49H,16,18-19,22H2,1-4H3,(H,46,51)(H,47,50)/t27-,31+,32+,33-,36+/m1/s1. The van der Waals surface area contributed by atoms with E-state index in [1.807, 2.05) is 30.3 Å². The van der Waals surface area contributed by atoms with Crippen LogP contribution in [0.1, 0.15) is 49.9 Å². The Balaban J connectivity index is 1.43. The van der Waals surface area contributed by atoms with Crippen LogP contribution in [0.5, 0.6) is 17.4 Å². The predicted molar refractivity (Wildman–Crippen MR) is 198 cm³/mol. The first-order chi connectivity index (χ1) is 26.0. The third-order valence-corrected chi connectivity index (χ3v) is 9.00. The predicted octanol–water partition coefficient (Wildman–Crippen LogP) is 6.97. The highest BCUT2D eigenvalue weighted by Gasteiger charge is 2.36. The fraction of sp³-hybridized carbons (Fsp3) is 0.375. The van der Waals surface area contributed by atoms with Crippen LogP contribution in [0.2, 0.25) is 5.02 Å². The van der Waals surface area contributed by atoms with Crippen LogP contribution in [0.25, 0.3) is 11.1 Å². The minimum atomic E-state index is -4.94. The zero-order valence-corrected chi connectivity index (χ0v) is 31.4. The van der Waals surface area contributed by atoms with Crippen LogP contribution in [0.4, 0.5) is 18.0 Å². The number of carbonyl (C=O) groups excluding carboxylic acids is 2. The highest BCUT2D eigenvalue weighted by atomic mass is 35.5. The molecular weight excluding hydrogens is 743 g/mol. The van der Waals surface area contributed by atoms with Gasteiger partial charge in [0.25, 0.3) is 0 Å². The van der Waals surface area contributed by atoms with E-state index in [1.165, 1.54) is 19.2 Å². The molecule has 11 nitrogen and oxygen atoms in total. The van der Waals surface area contributed by atoms with Gasteiger partial charge in [-0.25, -0.2) is 9.78 Å². The minimum absolute atomic E-state index is 0.120. The van der Waals surface area contributed by atoms with Gasteiger partial charge in [0, 0.05) is 34.3 Å². The number of methoxy groups -OCH3 is 1. The van der Waals surface area contributed by atoms with E-state index in [-0.39, 0.29) is 25.9 Å². The second-order valence-corrected chi connectivity index (χ2v) is 14.6. The number of pyridine rings is 1. The lowest BCUT2D eigenvalue weighted by molar-refractivity contribution is -0.274. The van der Waals surface area contributed by atoms with Crippen molar-refractivity contribution in [2.75, 3.05) is 13.7 Å². The van der Waals surface area contributed by atoms with Crippen molar-refractivity contribution in [3.63, 3.8) is 0 Å². The molecule has 1 aliphatic heterocycles. The molecule has 55 heavy (non-hydrogen) atoms. The molecule has 2 amide bonds. The third kappa shape index (κ3) is 12.0. The number of hydrogen-bond donors (Lipinski definition) is 4. The summed E-state index contributed by atoms with van der Waals surface area (Å²) in [4.78, 5) is 31.5. The van der Waals surface area contributed by atoms with E-state index in [1.54, 1.807) is 51.2 Å². The van der Waals surface area contributed by atoms with Gasteiger partial charge < -0.3 is 39.8 Å². The molecule has 1 aliphatic rings. The molecule has 0 saturated carbocycles. The molecule has 5 rings (SSSR count). The number of aliphatic hydroxyl groups is 2. The normalized spacial score (nSPS) is 17.1. The number of ether oxygens (including phenoxy) is 4. The number of nitrogens with zero attached hydrogens (tertiary/aromatic N) is 1. The van der Waals surface area contributed by atoms with E-state index >= 15 is 0 Å². The Morgan fingerprint density at radius 3 is 2.36 bits per heavy atom. The summed E-state index contributed by atoms with van der Waals surface area (Å²) in [5.41, 5.74) is 2.32. The van der Waals surface area contributed by atoms with Crippen LogP contribution >= 0.6 is 11.6 Å². The molecule has 0 bridgehead atoms. The first-order valence-electron chi connectivity index (χ1n) is 17.5. The summed E-state index contributed by atoms with van der Waals surface area (Å²) >= 11 is 6.23. The van der Waals surface area contributed by atoms with E-state index in [0.29, 0.717) is 27.8 Å². The lowest BCUT2D eigenvalue weighted by Crippen LogP contribution is -2.49. The molecule has 0 unspecified atom stereocenters. The van der Waals surface area contributed by atoms with Gasteiger partial charge in [0.05, 0.1) is 25.3 Å². The SMILES string of the molecule is COc1ccc(-c2ccc(C[C@H](NC(=O)OC(C)(C)C)[C@@H](O)C[C@@H](Cc3cccc(OC(F)(F)F)c3)C(=O)N[C@H]3c4cc(Cl)ccc4OC[C@H]3O)cc2)cn1. The van der Waals surface area contributed by atoms with Crippen molar-refractivity contribution in [3.8, 4) is 28.5 Å². The topological polar surface area (TPSA) is 148 Å². The van der Waals surface area contributed by atoms with Gasteiger partial charge in [0.2, 0.25) is 11.8 Å². The zero-order chi connectivity index (χ0) is 39.9. The van der Waals surface area contributed by atoms with Crippen molar-refractivity contribution in [1.82, 2.24) is 15.6 Å². The molecule has 0 spiro atoms. The first-order valence-corrected chi connectivity index (χ1v) is 17.9. The van der Waals surface area contributed by atoms with Crippen LogP contribution in [0, 0.1) is 5.92 Å². The summed E-state index contributed by atoms with van der Waals surface area (Å²) < 4.78 is 59.6. The minimum Gasteiger partial charge on any atom is -0.490 e. The van der Waals surface area contributed by atoms with Crippen molar-refractivity contribution < 1.29 is 51.9 Å². The van der Waals surface area contributed by atoms with Gasteiger partial charge in [-0.05, 0) is 93.1 Å². The zero-order valence-electron chi connectivity index (χ0n) is 30.6. The number of aliphatic hydroxyl groups excluding tert-OH is 2. The smallest absolute Gasteiger partial charge is 0.490 e. The molecule has 3 aromatic carbocycles. The number of fused-ring (bicyclic) bond motifs is 1. The van der Waals surface area contributed by atoms with Crippen molar-refractivity contribution in [1.29, 1.82) is 0 Å². The maximum absolute atomic E-state index is 14.2. The number of benzene rings is 3. The summed E-state index contributed by atoms with van der Waals surface area (Å²) in [6, 6.07) is 19.0. The van der Waals surface area contributed by atoms with Gasteiger partial charge in [0.1, 0.15) is 29.8 Å². The summed E-state index contributed by atoms with van der Waals surface area (Å²) in [6.07, 6.45) is -6.87.